The Balaban J connectivity index is 3.18. The Kier molecular flexibility index (Phi) is 3.35. The quantitative estimate of drug-likeness (QED) is 0.818. The summed E-state index contributed by atoms with van der Waals surface area (Å²) in [6, 6.07) is 0.655. The lowest BCUT2D eigenvalue weighted by Crippen LogP contribution is -2.16. The minimum Gasteiger partial charge on any atom is -0.497 e. The lowest BCUT2D eigenvalue weighted by Gasteiger charge is -2.11. The van der Waals surface area contributed by atoms with Gasteiger partial charge in [0.15, 0.2) is 0 Å². The molecule has 78 valence electrons. The summed E-state index contributed by atoms with van der Waals surface area (Å²) in [5.41, 5.74) is 4.74. The first-order valence-corrected chi connectivity index (χ1v) is 3.94. The zero-order valence-electron chi connectivity index (χ0n) is 7.56. The summed E-state index contributed by atoms with van der Waals surface area (Å²) in [5.74, 6) is -1.76. The largest absolute Gasteiger partial charge is 0.497 e. The van der Waals surface area contributed by atoms with E-state index in [0.717, 1.165) is 12.1 Å². The van der Waals surface area contributed by atoms with E-state index in [1.165, 1.54) is 7.11 Å². The Labute approximate surface area is 79.5 Å². The molecule has 5 heteroatoms. The van der Waals surface area contributed by atoms with Gasteiger partial charge in [0.2, 0.25) is 0 Å². The third-order valence-corrected chi connectivity index (χ3v) is 1.83. The number of alkyl halides is 1. The second kappa shape index (κ2) is 4.32. The normalized spacial score (nSPS) is 12.6. The van der Waals surface area contributed by atoms with E-state index in [4.69, 9.17) is 5.73 Å². The van der Waals surface area contributed by atoms with Crippen molar-refractivity contribution in [2.24, 2.45) is 5.73 Å². The Morgan fingerprint density at radius 1 is 1.36 bits per heavy atom. The van der Waals surface area contributed by atoms with Gasteiger partial charge >= 0.3 is 0 Å². The maximum atomic E-state index is 13.2. The molecule has 0 saturated carbocycles. The summed E-state index contributed by atoms with van der Waals surface area (Å²) in [4.78, 5) is 0. The lowest BCUT2D eigenvalue weighted by atomic mass is 10.1. The van der Waals surface area contributed by atoms with E-state index in [9.17, 15) is 13.2 Å². The molecule has 0 saturated heterocycles. The third kappa shape index (κ3) is 1.98. The fraction of sp³-hybridized carbons (Fsp3) is 0.333. The molecule has 2 N–H and O–H groups in total. The van der Waals surface area contributed by atoms with Crippen LogP contribution in [-0.2, 0) is 0 Å². The van der Waals surface area contributed by atoms with E-state index >= 15 is 0 Å². The molecule has 0 heterocycles. The topological polar surface area (TPSA) is 35.2 Å². The highest BCUT2D eigenvalue weighted by Crippen LogP contribution is 2.24. The summed E-state index contributed by atoms with van der Waals surface area (Å²) >= 11 is 0. The van der Waals surface area contributed by atoms with E-state index in [-0.39, 0.29) is 5.75 Å². The SMILES string of the molecule is COc1cc(F)c([C@@H](N)CF)c(F)c1. The molecule has 0 unspecified atom stereocenters. The summed E-state index contributed by atoms with van der Waals surface area (Å²) in [7, 11) is 1.28. The Bertz CT molecular complexity index is 307. The summed E-state index contributed by atoms with van der Waals surface area (Å²) < 4.78 is 43.1. The number of nitrogens with two attached hydrogens (primary N) is 1. The van der Waals surface area contributed by atoms with Crippen LogP contribution in [0.2, 0.25) is 0 Å². The monoisotopic (exact) mass is 205 g/mol. The molecule has 0 radical (unpaired) electrons. The van der Waals surface area contributed by atoms with Crippen molar-refractivity contribution < 1.29 is 17.9 Å². The summed E-state index contributed by atoms with van der Waals surface area (Å²) in [5, 5.41) is 0. The average Bonchev–Trinajstić information content (AvgIpc) is 2.16. The second-order valence-electron chi connectivity index (χ2n) is 2.77. The average molecular weight is 205 g/mol. The molecule has 14 heavy (non-hydrogen) atoms. The first-order valence-electron chi connectivity index (χ1n) is 3.94. The van der Waals surface area contributed by atoms with E-state index in [1.54, 1.807) is 0 Å². The molecule has 1 rings (SSSR count). The molecule has 0 amide bonds. The number of methoxy groups -OCH3 is 1. The van der Waals surface area contributed by atoms with Gasteiger partial charge in [-0.2, -0.15) is 0 Å². The van der Waals surface area contributed by atoms with E-state index < -0.39 is 29.9 Å². The Morgan fingerprint density at radius 2 is 1.86 bits per heavy atom. The molecule has 1 atom stereocenters. The molecule has 0 fully saturated rings. The van der Waals surface area contributed by atoms with Crippen molar-refractivity contribution in [1.82, 2.24) is 0 Å². The second-order valence-corrected chi connectivity index (χ2v) is 2.77. The van der Waals surface area contributed by atoms with Crippen molar-refractivity contribution in [3.63, 3.8) is 0 Å². The van der Waals surface area contributed by atoms with E-state index in [0.29, 0.717) is 0 Å². The molecule has 0 aliphatic carbocycles. The van der Waals surface area contributed by atoms with Crippen LogP contribution < -0.4 is 10.5 Å². The number of hydrogen-bond acceptors (Lipinski definition) is 2. The Morgan fingerprint density at radius 3 is 2.21 bits per heavy atom. The number of benzene rings is 1. The number of rotatable bonds is 3. The van der Waals surface area contributed by atoms with Crippen LogP contribution in [0.3, 0.4) is 0 Å². The molecule has 0 aliphatic heterocycles. The first-order chi connectivity index (χ1) is 6.60. The van der Waals surface area contributed by atoms with Crippen LogP contribution in [-0.4, -0.2) is 13.8 Å². The molecule has 0 aliphatic rings. The molecule has 2 nitrogen and oxygen atoms in total. The zero-order chi connectivity index (χ0) is 10.7. The van der Waals surface area contributed by atoms with Crippen LogP contribution in [0.15, 0.2) is 12.1 Å². The van der Waals surface area contributed by atoms with Gasteiger partial charge in [-0.25, -0.2) is 13.2 Å². The molecular weight excluding hydrogens is 195 g/mol. The molecule has 0 aromatic heterocycles. The highest BCUT2D eigenvalue weighted by Gasteiger charge is 2.17. The molecule has 0 bridgehead atoms. The smallest absolute Gasteiger partial charge is 0.134 e. The summed E-state index contributed by atoms with van der Waals surface area (Å²) in [6.07, 6.45) is 0. The van der Waals surface area contributed by atoms with Crippen LogP contribution in [0, 0.1) is 11.6 Å². The van der Waals surface area contributed by atoms with Gasteiger partial charge < -0.3 is 10.5 Å². The number of ether oxygens (including phenoxy) is 1. The molecule has 1 aromatic carbocycles. The molecule has 0 spiro atoms. The van der Waals surface area contributed by atoms with Crippen molar-refractivity contribution in [1.29, 1.82) is 0 Å². The fourth-order valence-corrected chi connectivity index (χ4v) is 1.11. The van der Waals surface area contributed by atoms with E-state index in [1.807, 2.05) is 0 Å². The minimum atomic E-state index is -1.28. The fourth-order valence-electron chi connectivity index (χ4n) is 1.11. The van der Waals surface area contributed by atoms with Crippen LogP contribution in [0.5, 0.6) is 5.75 Å². The van der Waals surface area contributed by atoms with Crippen LogP contribution in [0.4, 0.5) is 13.2 Å². The highest BCUT2D eigenvalue weighted by atomic mass is 19.1. The highest BCUT2D eigenvalue weighted by molar-refractivity contribution is 5.32. The predicted octanol–water partition coefficient (Wildman–Crippen LogP) is 1.94. The molecular formula is C9H10F3NO. The van der Waals surface area contributed by atoms with Gasteiger partial charge in [0, 0.05) is 17.7 Å². The maximum absolute atomic E-state index is 13.2. The van der Waals surface area contributed by atoms with Gasteiger partial charge in [-0.15, -0.1) is 0 Å². The number of hydrogen-bond donors (Lipinski definition) is 1. The van der Waals surface area contributed by atoms with Gasteiger partial charge in [-0.05, 0) is 0 Å². The van der Waals surface area contributed by atoms with Crippen molar-refractivity contribution in [3.8, 4) is 5.75 Å². The first kappa shape index (κ1) is 10.8. The predicted molar refractivity (Wildman–Crippen MR) is 45.8 cm³/mol. The van der Waals surface area contributed by atoms with Crippen molar-refractivity contribution >= 4 is 0 Å². The van der Waals surface area contributed by atoms with E-state index in [2.05, 4.69) is 4.74 Å². The minimum absolute atomic E-state index is 0.0369. The standard InChI is InChI=1S/C9H10F3NO/c1-14-5-2-6(11)9(7(12)3-5)8(13)4-10/h2-3,8H,4,13H2,1H3/t8-/m0/s1. The molecule has 1 aromatic rings. The third-order valence-electron chi connectivity index (χ3n) is 1.83. The van der Waals surface area contributed by atoms with Gasteiger partial charge in [0.25, 0.3) is 0 Å². The van der Waals surface area contributed by atoms with Crippen LogP contribution in [0.25, 0.3) is 0 Å². The summed E-state index contributed by atoms with van der Waals surface area (Å²) in [6.45, 7) is -1.01. The van der Waals surface area contributed by atoms with Gasteiger partial charge in [-0.1, -0.05) is 0 Å². The Hall–Kier alpha value is -1.23. The van der Waals surface area contributed by atoms with Crippen molar-refractivity contribution in [2.45, 2.75) is 6.04 Å². The van der Waals surface area contributed by atoms with Gasteiger partial charge in [0.05, 0.1) is 13.2 Å². The zero-order valence-corrected chi connectivity index (χ0v) is 7.56. The van der Waals surface area contributed by atoms with Crippen LogP contribution in [0.1, 0.15) is 11.6 Å². The van der Waals surface area contributed by atoms with Crippen molar-refractivity contribution in [3.05, 3.63) is 29.3 Å². The lowest BCUT2D eigenvalue weighted by molar-refractivity contribution is 0.392. The van der Waals surface area contributed by atoms with Gasteiger partial charge in [-0.3, -0.25) is 0 Å². The maximum Gasteiger partial charge on any atom is 0.134 e. The number of halogens is 3. The van der Waals surface area contributed by atoms with Crippen LogP contribution >= 0.6 is 0 Å². The van der Waals surface area contributed by atoms with Gasteiger partial charge in [0.1, 0.15) is 24.1 Å². The van der Waals surface area contributed by atoms with Crippen molar-refractivity contribution in [2.75, 3.05) is 13.8 Å².